The van der Waals surface area contributed by atoms with Crippen LogP contribution in [0, 0.1) is 13.8 Å². The number of hydrogen-bond acceptors (Lipinski definition) is 4. The molecule has 6 nitrogen and oxygen atoms in total. The summed E-state index contributed by atoms with van der Waals surface area (Å²) in [6, 6.07) is 5.53. The molecule has 0 radical (unpaired) electrons. The van der Waals surface area contributed by atoms with Crippen LogP contribution in [0.4, 0.5) is 5.69 Å². The second-order valence-electron chi connectivity index (χ2n) is 5.48. The molecule has 2 N–H and O–H groups in total. The van der Waals surface area contributed by atoms with E-state index in [1.165, 1.54) is 7.11 Å². The van der Waals surface area contributed by atoms with Gasteiger partial charge in [0.25, 0.3) is 5.91 Å². The Morgan fingerprint density at radius 2 is 1.92 bits per heavy atom. The minimum atomic E-state index is -0.451. The van der Waals surface area contributed by atoms with Crippen molar-refractivity contribution >= 4 is 17.6 Å². The van der Waals surface area contributed by atoms with Gasteiger partial charge in [0.1, 0.15) is 11.4 Å². The van der Waals surface area contributed by atoms with Crippen LogP contribution in [0.3, 0.4) is 0 Å². The second kappa shape index (κ2) is 7.21. The van der Waals surface area contributed by atoms with Gasteiger partial charge in [0.05, 0.1) is 25.5 Å². The molecule has 2 aromatic rings. The molecular weight excluding hydrogens is 308 g/mol. The molecule has 128 valence electrons. The highest BCUT2D eigenvalue weighted by Crippen LogP contribution is 2.27. The van der Waals surface area contributed by atoms with Gasteiger partial charge in [-0.25, -0.2) is 4.79 Å². The normalized spacial score (nSPS) is 10.4. The fraction of sp³-hybridized carbons (Fsp3) is 0.333. The molecule has 0 spiro atoms. The number of hydrogen-bond donors (Lipinski definition) is 2. The van der Waals surface area contributed by atoms with E-state index in [0.29, 0.717) is 40.4 Å². The average molecular weight is 330 g/mol. The number of amides is 1. The number of aromatic nitrogens is 1. The maximum Gasteiger partial charge on any atom is 0.339 e. The third-order valence-electron chi connectivity index (χ3n) is 3.90. The van der Waals surface area contributed by atoms with Crippen molar-refractivity contribution in [3.05, 3.63) is 46.3 Å². The van der Waals surface area contributed by atoms with Gasteiger partial charge in [0.2, 0.25) is 0 Å². The number of benzene rings is 1. The molecule has 0 aliphatic rings. The van der Waals surface area contributed by atoms with E-state index in [1.54, 1.807) is 20.1 Å². The number of nitrogens with one attached hydrogen (secondary N) is 2. The maximum atomic E-state index is 12.7. The zero-order valence-electron chi connectivity index (χ0n) is 14.6. The second-order valence-corrected chi connectivity index (χ2v) is 5.48. The minimum Gasteiger partial charge on any atom is -0.495 e. The van der Waals surface area contributed by atoms with Gasteiger partial charge in [-0.2, -0.15) is 0 Å². The van der Waals surface area contributed by atoms with Crippen molar-refractivity contribution in [2.45, 2.75) is 27.2 Å². The molecule has 1 aromatic carbocycles. The predicted molar refractivity (Wildman–Crippen MR) is 91.9 cm³/mol. The van der Waals surface area contributed by atoms with Crippen molar-refractivity contribution in [2.75, 3.05) is 19.5 Å². The molecule has 1 amide bonds. The summed E-state index contributed by atoms with van der Waals surface area (Å²) in [5, 5.41) is 2.83. The first-order valence-electron chi connectivity index (χ1n) is 7.68. The van der Waals surface area contributed by atoms with Gasteiger partial charge in [-0.1, -0.05) is 13.0 Å². The monoisotopic (exact) mass is 330 g/mol. The lowest BCUT2D eigenvalue weighted by molar-refractivity contribution is 0.0599. The van der Waals surface area contributed by atoms with Crippen molar-refractivity contribution in [3.63, 3.8) is 0 Å². The van der Waals surface area contributed by atoms with E-state index in [9.17, 15) is 9.59 Å². The molecule has 0 aliphatic carbocycles. The Bertz CT molecular complexity index is 778. The summed E-state index contributed by atoms with van der Waals surface area (Å²) in [7, 11) is 2.87. The topological polar surface area (TPSA) is 80.4 Å². The highest BCUT2D eigenvalue weighted by Gasteiger charge is 2.24. The van der Waals surface area contributed by atoms with Gasteiger partial charge in [-0.3, -0.25) is 4.79 Å². The number of aryl methyl sites for hydroxylation is 2. The standard InChI is InChI=1S/C18H22N2O4/c1-6-12-15(18(22)24-5)11(3)16(19-12)17(21)20-13-9-10(2)7-8-14(13)23-4/h7-9,19H,6H2,1-5H3,(H,20,21). The highest BCUT2D eigenvalue weighted by atomic mass is 16.5. The molecule has 1 aromatic heterocycles. The number of rotatable bonds is 5. The molecule has 0 aliphatic heterocycles. The van der Waals surface area contributed by atoms with Gasteiger partial charge in [0.15, 0.2) is 0 Å². The van der Waals surface area contributed by atoms with Crippen molar-refractivity contribution in [3.8, 4) is 5.75 Å². The van der Waals surface area contributed by atoms with E-state index in [2.05, 4.69) is 10.3 Å². The first kappa shape index (κ1) is 17.6. The Labute approximate surface area is 141 Å². The van der Waals surface area contributed by atoms with Crippen LogP contribution in [0.25, 0.3) is 0 Å². The first-order valence-corrected chi connectivity index (χ1v) is 7.68. The number of esters is 1. The summed E-state index contributed by atoms with van der Waals surface area (Å²) in [5.74, 6) is -0.212. The fourth-order valence-electron chi connectivity index (χ4n) is 2.63. The van der Waals surface area contributed by atoms with E-state index >= 15 is 0 Å². The zero-order chi connectivity index (χ0) is 17.9. The highest BCUT2D eigenvalue weighted by molar-refractivity contribution is 6.07. The van der Waals surface area contributed by atoms with E-state index in [-0.39, 0.29) is 5.91 Å². The number of anilines is 1. The number of aromatic amines is 1. The Morgan fingerprint density at radius 1 is 1.21 bits per heavy atom. The maximum absolute atomic E-state index is 12.7. The van der Waals surface area contributed by atoms with Crippen molar-refractivity contribution < 1.29 is 19.1 Å². The Hall–Kier alpha value is -2.76. The molecule has 24 heavy (non-hydrogen) atoms. The largest absolute Gasteiger partial charge is 0.495 e. The Morgan fingerprint density at radius 3 is 2.50 bits per heavy atom. The summed E-state index contributed by atoms with van der Waals surface area (Å²) in [6.45, 7) is 5.56. The molecule has 0 saturated carbocycles. The summed E-state index contributed by atoms with van der Waals surface area (Å²) < 4.78 is 10.1. The summed E-state index contributed by atoms with van der Waals surface area (Å²) in [6.07, 6.45) is 0.590. The third-order valence-corrected chi connectivity index (χ3v) is 3.90. The molecule has 6 heteroatoms. The Balaban J connectivity index is 2.39. The van der Waals surface area contributed by atoms with Crippen LogP contribution in [-0.4, -0.2) is 31.1 Å². The number of ether oxygens (including phenoxy) is 2. The van der Waals surface area contributed by atoms with Crippen molar-refractivity contribution in [1.82, 2.24) is 4.98 Å². The number of carbonyl (C=O) groups is 2. The molecule has 2 rings (SSSR count). The lowest BCUT2D eigenvalue weighted by atomic mass is 10.1. The van der Waals surface area contributed by atoms with E-state index < -0.39 is 5.97 Å². The van der Waals surface area contributed by atoms with Crippen molar-refractivity contribution in [1.29, 1.82) is 0 Å². The van der Waals surface area contributed by atoms with Gasteiger partial charge < -0.3 is 19.8 Å². The number of methoxy groups -OCH3 is 2. The molecule has 0 fully saturated rings. The lowest BCUT2D eigenvalue weighted by Crippen LogP contribution is -2.15. The van der Waals surface area contributed by atoms with Crippen LogP contribution in [-0.2, 0) is 11.2 Å². The van der Waals surface area contributed by atoms with Crippen LogP contribution in [0.2, 0.25) is 0 Å². The van der Waals surface area contributed by atoms with Crippen LogP contribution in [0.5, 0.6) is 5.75 Å². The van der Waals surface area contributed by atoms with Crippen LogP contribution in [0.15, 0.2) is 18.2 Å². The zero-order valence-corrected chi connectivity index (χ0v) is 14.6. The summed E-state index contributed by atoms with van der Waals surface area (Å²) in [4.78, 5) is 27.6. The quantitative estimate of drug-likeness (QED) is 0.825. The Kier molecular flexibility index (Phi) is 5.28. The van der Waals surface area contributed by atoms with Gasteiger partial charge in [-0.15, -0.1) is 0 Å². The molecule has 0 atom stereocenters. The summed E-state index contributed by atoms with van der Waals surface area (Å²) >= 11 is 0. The number of carbonyl (C=O) groups excluding carboxylic acids is 2. The van der Waals surface area contributed by atoms with E-state index in [0.717, 1.165) is 5.56 Å². The van der Waals surface area contributed by atoms with Crippen LogP contribution < -0.4 is 10.1 Å². The molecule has 0 bridgehead atoms. The third kappa shape index (κ3) is 3.27. The fourth-order valence-corrected chi connectivity index (χ4v) is 2.63. The predicted octanol–water partition coefficient (Wildman–Crippen LogP) is 3.24. The minimum absolute atomic E-state index is 0.332. The van der Waals surface area contributed by atoms with Gasteiger partial charge in [0, 0.05) is 5.69 Å². The van der Waals surface area contributed by atoms with Crippen molar-refractivity contribution in [2.24, 2.45) is 0 Å². The lowest BCUT2D eigenvalue weighted by Gasteiger charge is -2.11. The molecule has 1 heterocycles. The molecular formula is C18H22N2O4. The van der Waals surface area contributed by atoms with E-state index in [1.807, 2.05) is 26.0 Å². The summed E-state index contributed by atoms with van der Waals surface area (Å²) in [5.41, 5.74) is 3.59. The molecule has 0 saturated heterocycles. The smallest absolute Gasteiger partial charge is 0.339 e. The van der Waals surface area contributed by atoms with Crippen LogP contribution >= 0.6 is 0 Å². The SMILES string of the molecule is CCc1[nH]c(C(=O)Nc2cc(C)ccc2OC)c(C)c1C(=O)OC. The number of H-pyrrole nitrogens is 1. The first-order chi connectivity index (χ1) is 11.4. The average Bonchev–Trinajstić information content (AvgIpc) is 2.91. The van der Waals surface area contributed by atoms with Crippen LogP contribution in [0.1, 0.15) is 44.6 Å². The molecule has 0 unspecified atom stereocenters. The van der Waals surface area contributed by atoms with Gasteiger partial charge in [-0.05, 0) is 43.5 Å². The van der Waals surface area contributed by atoms with Gasteiger partial charge >= 0.3 is 5.97 Å². The van der Waals surface area contributed by atoms with E-state index in [4.69, 9.17) is 9.47 Å².